The van der Waals surface area contributed by atoms with Crippen LogP contribution in [0.2, 0.25) is 0 Å². The Balaban J connectivity index is 1.95. The lowest BCUT2D eigenvalue weighted by Gasteiger charge is -2.19. The van der Waals surface area contributed by atoms with E-state index in [1.807, 2.05) is 0 Å². The fourth-order valence-electron chi connectivity index (χ4n) is 1.94. The van der Waals surface area contributed by atoms with Crippen LogP contribution in [0.4, 0.5) is 0 Å². The maximum Gasteiger partial charge on any atom is 0.0159 e. The average Bonchev–Trinajstić information content (AvgIpc) is 2.61. The predicted octanol–water partition coefficient (Wildman–Crippen LogP) is 1.54. The van der Waals surface area contributed by atoms with Crippen molar-refractivity contribution >= 4 is 12.6 Å². The topological polar surface area (TPSA) is 3.24 Å². The SMILES string of the molecule is CC1CC(S)CN1C1CC1. The molecule has 2 aliphatic rings. The maximum atomic E-state index is 4.49. The third-order valence-electron chi connectivity index (χ3n) is 2.62. The Morgan fingerprint density at radius 3 is 2.50 bits per heavy atom. The Labute approximate surface area is 68.2 Å². The first-order valence-corrected chi connectivity index (χ1v) is 4.73. The lowest BCUT2D eigenvalue weighted by Crippen LogP contribution is -2.29. The van der Waals surface area contributed by atoms with Gasteiger partial charge < -0.3 is 0 Å². The van der Waals surface area contributed by atoms with E-state index < -0.39 is 0 Å². The molecule has 10 heavy (non-hydrogen) atoms. The van der Waals surface area contributed by atoms with Gasteiger partial charge in [-0.3, -0.25) is 4.90 Å². The Morgan fingerprint density at radius 1 is 1.40 bits per heavy atom. The summed E-state index contributed by atoms with van der Waals surface area (Å²) in [6.45, 7) is 3.56. The van der Waals surface area contributed by atoms with Crippen molar-refractivity contribution in [2.75, 3.05) is 6.54 Å². The minimum atomic E-state index is 0.649. The van der Waals surface area contributed by atoms with Crippen molar-refractivity contribution in [1.29, 1.82) is 0 Å². The number of hydrogen-bond donors (Lipinski definition) is 1. The molecule has 2 atom stereocenters. The van der Waals surface area contributed by atoms with Crippen LogP contribution in [0.25, 0.3) is 0 Å². The summed E-state index contributed by atoms with van der Waals surface area (Å²) < 4.78 is 0. The summed E-state index contributed by atoms with van der Waals surface area (Å²) in [5.74, 6) is 0. The molecule has 1 heterocycles. The van der Waals surface area contributed by atoms with Crippen molar-refractivity contribution in [2.45, 2.75) is 43.5 Å². The molecule has 1 aliphatic heterocycles. The summed E-state index contributed by atoms with van der Waals surface area (Å²) in [6.07, 6.45) is 4.16. The van der Waals surface area contributed by atoms with Crippen LogP contribution in [0.1, 0.15) is 26.2 Å². The van der Waals surface area contributed by atoms with E-state index in [4.69, 9.17) is 0 Å². The summed E-state index contributed by atoms with van der Waals surface area (Å²) >= 11 is 4.49. The van der Waals surface area contributed by atoms with Gasteiger partial charge in [0.25, 0.3) is 0 Å². The molecule has 0 amide bonds. The normalized spacial score (nSPS) is 42.6. The molecule has 0 radical (unpaired) electrons. The molecule has 2 rings (SSSR count). The fraction of sp³-hybridized carbons (Fsp3) is 1.00. The molecule has 0 aromatic carbocycles. The van der Waals surface area contributed by atoms with Crippen molar-refractivity contribution < 1.29 is 0 Å². The molecular formula is C8H15NS. The van der Waals surface area contributed by atoms with Gasteiger partial charge in [0.1, 0.15) is 0 Å². The highest BCUT2D eigenvalue weighted by Crippen LogP contribution is 2.34. The van der Waals surface area contributed by atoms with E-state index in [0.29, 0.717) is 5.25 Å². The highest BCUT2D eigenvalue weighted by atomic mass is 32.1. The lowest BCUT2D eigenvalue weighted by atomic mass is 10.2. The van der Waals surface area contributed by atoms with E-state index in [-0.39, 0.29) is 0 Å². The van der Waals surface area contributed by atoms with E-state index in [9.17, 15) is 0 Å². The summed E-state index contributed by atoms with van der Waals surface area (Å²) in [7, 11) is 0. The standard InChI is InChI=1S/C8H15NS/c1-6-4-8(10)5-9(6)7-2-3-7/h6-8,10H,2-5H2,1H3. The lowest BCUT2D eigenvalue weighted by molar-refractivity contribution is 0.259. The maximum absolute atomic E-state index is 4.49. The summed E-state index contributed by atoms with van der Waals surface area (Å²) in [4.78, 5) is 2.62. The highest BCUT2D eigenvalue weighted by Gasteiger charge is 2.37. The van der Waals surface area contributed by atoms with Crippen LogP contribution >= 0.6 is 12.6 Å². The number of likely N-dealkylation sites (tertiary alicyclic amines) is 1. The van der Waals surface area contributed by atoms with Gasteiger partial charge in [-0.1, -0.05) is 0 Å². The third kappa shape index (κ3) is 1.19. The first-order valence-electron chi connectivity index (χ1n) is 4.21. The van der Waals surface area contributed by atoms with E-state index in [0.717, 1.165) is 12.1 Å². The molecule has 0 aromatic heterocycles. The zero-order chi connectivity index (χ0) is 7.14. The molecule has 2 fully saturated rings. The van der Waals surface area contributed by atoms with Crippen LogP contribution in [-0.2, 0) is 0 Å². The summed E-state index contributed by atoms with van der Waals surface area (Å²) in [6, 6.07) is 1.74. The van der Waals surface area contributed by atoms with Gasteiger partial charge in [0, 0.05) is 23.9 Å². The average molecular weight is 157 g/mol. The Morgan fingerprint density at radius 2 is 2.10 bits per heavy atom. The molecule has 0 spiro atoms. The molecule has 2 unspecified atom stereocenters. The van der Waals surface area contributed by atoms with Crippen LogP contribution in [0.5, 0.6) is 0 Å². The van der Waals surface area contributed by atoms with Gasteiger partial charge in [-0.2, -0.15) is 12.6 Å². The van der Waals surface area contributed by atoms with Gasteiger partial charge >= 0.3 is 0 Å². The third-order valence-corrected chi connectivity index (χ3v) is 2.99. The zero-order valence-electron chi connectivity index (χ0n) is 6.45. The van der Waals surface area contributed by atoms with Gasteiger partial charge in [0.05, 0.1) is 0 Å². The summed E-state index contributed by atoms with van der Waals surface area (Å²) in [5, 5.41) is 0.649. The molecule has 2 heteroatoms. The van der Waals surface area contributed by atoms with Gasteiger partial charge in [-0.05, 0) is 26.2 Å². The minimum Gasteiger partial charge on any atom is -0.297 e. The molecule has 58 valence electrons. The molecule has 0 N–H and O–H groups in total. The van der Waals surface area contributed by atoms with E-state index in [1.54, 1.807) is 0 Å². The molecule has 0 aromatic rings. The van der Waals surface area contributed by atoms with E-state index in [1.165, 1.54) is 25.8 Å². The van der Waals surface area contributed by atoms with Crippen LogP contribution in [-0.4, -0.2) is 28.8 Å². The molecule has 1 saturated carbocycles. The Bertz CT molecular complexity index is 133. The van der Waals surface area contributed by atoms with E-state index in [2.05, 4.69) is 24.5 Å². The van der Waals surface area contributed by atoms with Crippen molar-refractivity contribution in [3.05, 3.63) is 0 Å². The van der Waals surface area contributed by atoms with Gasteiger partial charge in [0.15, 0.2) is 0 Å². The van der Waals surface area contributed by atoms with Crippen LogP contribution in [0.15, 0.2) is 0 Å². The highest BCUT2D eigenvalue weighted by molar-refractivity contribution is 7.81. The predicted molar refractivity (Wildman–Crippen MR) is 46.6 cm³/mol. The first-order chi connectivity index (χ1) is 4.77. The van der Waals surface area contributed by atoms with Gasteiger partial charge in [0.2, 0.25) is 0 Å². The van der Waals surface area contributed by atoms with Crippen LogP contribution in [0.3, 0.4) is 0 Å². The number of thiol groups is 1. The molecule has 1 saturated heterocycles. The number of nitrogens with zero attached hydrogens (tertiary/aromatic N) is 1. The van der Waals surface area contributed by atoms with Gasteiger partial charge in [-0.15, -0.1) is 0 Å². The monoisotopic (exact) mass is 157 g/mol. The van der Waals surface area contributed by atoms with Crippen molar-refractivity contribution in [1.82, 2.24) is 4.90 Å². The number of hydrogen-bond acceptors (Lipinski definition) is 2. The summed E-state index contributed by atoms with van der Waals surface area (Å²) in [5.41, 5.74) is 0. The van der Waals surface area contributed by atoms with Crippen LogP contribution in [0, 0.1) is 0 Å². The molecule has 0 bridgehead atoms. The first kappa shape index (κ1) is 6.99. The van der Waals surface area contributed by atoms with Crippen LogP contribution < -0.4 is 0 Å². The van der Waals surface area contributed by atoms with Crippen molar-refractivity contribution in [2.24, 2.45) is 0 Å². The fourth-order valence-corrected chi connectivity index (χ4v) is 2.44. The Hall–Kier alpha value is 0.310. The second kappa shape index (κ2) is 2.42. The number of rotatable bonds is 1. The largest absolute Gasteiger partial charge is 0.297 e. The minimum absolute atomic E-state index is 0.649. The zero-order valence-corrected chi connectivity index (χ0v) is 7.35. The smallest absolute Gasteiger partial charge is 0.0159 e. The van der Waals surface area contributed by atoms with Crippen molar-refractivity contribution in [3.8, 4) is 0 Å². The molecule has 1 nitrogen and oxygen atoms in total. The molecular weight excluding hydrogens is 142 g/mol. The second-order valence-corrected chi connectivity index (χ2v) is 4.40. The quantitative estimate of drug-likeness (QED) is 0.565. The molecule has 1 aliphatic carbocycles. The second-order valence-electron chi connectivity index (χ2n) is 3.67. The van der Waals surface area contributed by atoms with Crippen molar-refractivity contribution in [3.63, 3.8) is 0 Å². The Kier molecular flexibility index (Phi) is 1.69. The van der Waals surface area contributed by atoms with Gasteiger partial charge in [-0.25, -0.2) is 0 Å². The van der Waals surface area contributed by atoms with E-state index >= 15 is 0 Å².